The van der Waals surface area contributed by atoms with E-state index in [1.165, 1.54) is 17.5 Å². The Morgan fingerprint density at radius 1 is 1.15 bits per heavy atom. The van der Waals surface area contributed by atoms with Crippen LogP contribution in [0.3, 0.4) is 0 Å². The third-order valence-electron chi connectivity index (χ3n) is 5.61. The summed E-state index contributed by atoms with van der Waals surface area (Å²) in [7, 11) is 1.46. The molecule has 184 valence electrons. The number of likely N-dealkylation sites (N-methyl/N-ethyl adjacent to an activating group) is 1. The normalized spacial score (nSPS) is 16.5. The van der Waals surface area contributed by atoms with E-state index in [1.807, 2.05) is 31.2 Å². The topological polar surface area (TPSA) is 102 Å². The summed E-state index contributed by atoms with van der Waals surface area (Å²) >= 11 is 0. The molecule has 8 nitrogen and oxygen atoms in total. The van der Waals surface area contributed by atoms with Crippen LogP contribution in [0.4, 0.5) is 4.79 Å². The van der Waals surface area contributed by atoms with Crippen LogP contribution in [-0.4, -0.2) is 66.0 Å². The molecule has 2 atom stereocenters. The van der Waals surface area contributed by atoms with Gasteiger partial charge in [0, 0.05) is 26.7 Å². The molecule has 33 heavy (non-hydrogen) atoms. The van der Waals surface area contributed by atoms with Gasteiger partial charge in [-0.3, -0.25) is 4.90 Å². The maximum absolute atomic E-state index is 12.9. The third-order valence-corrected chi connectivity index (χ3v) is 5.61. The van der Waals surface area contributed by atoms with Gasteiger partial charge < -0.3 is 19.3 Å². The lowest BCUT2D eigenvalue weighted by Crippen LogP contribution is -2.47. The molecular formula is C25H37NO7. The number of nitrogens with zero attached hydrogens (tertiary/aromatic N) is 1. The van der Waals surface area contributed by atoms with Crippen LogP contribution in [-0.2, 0) is 30.2 Å². The van der Waals surface area contributed by atoms with Gasteiger partial charge in [-0.05, 0) is 57.1 Å². The Bertz CT molecular complexity index is 794. The Hall–Kier alpha value is -2.61. The minimum atomic E-state index is -1.35. The predicted octanol–water partition coefficient (Wildman–Crippen LogP) is 4.16. The molecule has 0 radical (unpaired) electrons. The summed E-state index contributed by atoms with van der Waals surface area (Å²) in [6.07, 6.45) is 0.923. The van der Waals surface area contributed by atoms with E-state index in [-0.39, 0.29) is 6.42 Å². The number of carbonyl (C=O) groups excluding carboxylic acids is 2. The smallest absolute Gasteiger partial charge is 0.410 e. The number of rotatable bonds is 9. The van der Waals surface area contributed by atoms with Crippen LogP contribution < -0.4 is 0 Å². The lowest BCUT2D eigenvalue weighted by Gasteiger charge is -2.30. The van der Waals surface area contributed by atoms with Gasteiger partial charge in [0.1, 0.15) is 11.6 Å². The van der Waals surface area contributed by atoms with Crippen LogP contribution in [0.2, 0.25) is 0 Å². The van der Waals surface area contributed by atoms with E-state index in [1.54, 1.807) is 20.8 Å². The Labute approximate surface area is 196 Å². The van der Waals surface area contributed by atoms with E-state index in [0.717, 1.165) is 31.6 Å². The van der Waals surface area contributed by atoms with E-state index < -0.39 is 35.8 Å². The molecule has 8 heteroatoms. The maximum atomic E-state index is 12.9. The minimum absolute atomic E-state index is 0.0458. The number of carboxylic acid groups (broad SMARTS) is 1. The average molecular weight is 464 g/mol. The lowest BCUT2D eigenvalue weighted by atomic mass is 9.91. The van der Waals surface area contributed by atoms with Gasteiger partial charge in [-0.2, -0.15) is 0 Å². The second-order valence-corrected chi connectivity index (χ2v) is 9.49. The van der Waals surface area contributed by atoms with Gasteiger partial charge in [0.15, 0.2) is 0 Å². The minimum Gasteiger partial charge on any atom is -0.478 e. The highest BCUT2D eigenvalue weighted by Crippen LogP contribution is 2.27. The Kier molecular flexibility index (Phi) is 9.70. The predicted molar refractivity (Wildman–Crippen MR) is 123 cm³/mol. The van der Waals surface area contributed by atoms with Gasteiger partial charge in [0.2, 0.25) is 6.10 Å². The Morgan fingerprint density at radius 2 is 1.76 bits per heavy atom. The fraction of sp³-hybridized carbons (Fsp3) is 0.640. The molecule has 1 aliphatic heterocycles. The van der Waals surface area contributed by atoms with Crippen molar-refractivity contribution in [2.75, 3.05) is 20.3 Å². The molecule has 0 bridgehead atoms. The highest BCUT2D eigenvalue weighted by Gasteiger charge is 2.34. The van der Waals surface area contributed by atoms with Crippen molar-refractivity contribution in [3.05, 3.63) is 35.4 Å². The third kappa shape index (κ3) is 8.35. The van der Waals surface area contributed by atoms with E-state index in [0.29, 0.717) is 18.8 Å². The summed E-state index contributed by atoms with van der Waals surface area (Å²) in [5, 5.41) is 9.66. The molecule has 0 saturated carbocycles. The van der Waals surface area contributed by atoms with Crippen molar-refractivity contribution < 1.29 is 33.7 Å². The second kappa shape index (κ2) is 12.0. The maximum Gasteiger partial charge on any atom is 0.410 e. The fourth-order valence-electron chi connectivity index (χ4n) is 3.77. The highest BCUT2D eigenvalue weighted by molar-refractivity contribution is 5.84. The van der Waals surface area contributed by atoms with Gasteiger partial charge in [0.25, 0.3) is 0 Å². The molecule has 1 heterocycles. The number of aliphatic carboxylic acids is 1. The lowest BCUT2D eigenvalue weighted by molar-refractivity contribution is -0.167. The van der Waals surface area contributed by atoms with Crippen molar-refractivity contribution in [3.63, 3.8) is 0 Å². The Balaban J connectivity index is 2.06. The van der Waals surface area contributed by atoms with Gasteiger partial charge >= 0.3 is 18.0 Å². The number of esters is 1. The average Bonchev–Trinajstić information content (AvgIpc) is 2.76. The summed E-state index contributed by atoms with van der Waals surface area (Å²) in [4.78, 5) is 38.3. The van der Waals surface area contributed by atoms with Gasteiger partial charge in [-0.1, -0.05) is 37.6 Å². The zero-order valence-electron chi connectivity index (χ0n) is 20.3. The summed E-state index contributed by atoms with van der Waals surface area (Å²) in [6, 6.07) is 6.84. The van der Waals surface area contributed by atoms with E-state index >= 15 is 0 Å². The largest absolute Gasteiger partial charge is 0.478 e. The van der Waals surface area contributed by atoms with Crippen LogP contribution in [0, 0.1) is 0 Å². The number of benzene rings is 1. The molecule has 1 fully saturated rings. The summed E-state index contributed by atoms with van der Waals surface area (Å²) < 4.78 is 16.1. The van der Waals surface area contributed by atoms with Crippen LogP contribution in [0.25, 0.3) is 0 Å². The first-order chi connectivity index (χ1) is 15.5. The van der Waals surface area contributed by atoms with Crippen molar-refractivity contribution in [1.82, 2.24) is 4.90 Å². The monoisotopic (exact) mass is 463 g/mol. The van der Waals surface area contributed by atoms with E-state index in [9.17, 15) is 19.5 Å². The van der Waals surface area contributed by atoms with Crippen LogP contribution in [0.15, 0.2) is 24.3 Å². The molecule has 2 rings (SSSR count). The molecule has 1 aromatic carbocycles. The van der Waals surface area contributed by atoms with Crippen molar-refractivity contribution in [2.24, 2.45) is 0 Å². The zero-order chi connectivity index (χ0) is 24.6. The first kappa shape index (κ1) is 26.6. The molecule has 0 aliphatic carbocycles. The zero-order valence-corrected chi connectivity index (χ0v) is 20.3. The number of amides is 1. The molecule has 1 N–H and O–H groups in total. The van der Waals surface area contributed by atoms with Crippen LogP contribution in [0.5, 0.6) is 0 Å². The molecule has 1 aromatic rings. The van der Waals surface area contributed by atoms with E-state index in [2.05, 4.69) is 0 Å². The second-order valence-electron chi connectivity index (χ2n) is 9.49. The van der Waals surface area contributed by atoms with Gasteiger partial charge in [-0.25, -0.2) is 14.4 Å². The van der Waals surface area contributed by atoms with Gasteiger partial charge in [-0.15, -0.1) is 0 Å². The molecule has 1 amide bonds. The standard InChI is InChI=1S/C25H37NO7/c1-6-7-20(26(5)24(30)33-25(2,3)4)23(29)32-21(22(27)28)16-17-8-10-18(11-9-17)19-12-14-31-15-13-19/h8-11,19-21H,6-7,12-16H2,1-5H3,(H,27,28)/t20-,21+/m0/s1. The molecule has 0 spiro atoms. The summed E-state index contributed by atoms with van der Waals surface area (Å²) in [5.41, 5.74) is 1.25. The van der Waals surface area contributed by atoms with Crippen molar-refractivity contribution in [3.8, 4) is 0 Å². The van der Waals surface area contributed by atoms with Crippen molar-refractivity contribution in [1.29, 1.82) is 0 Å². The Morgan fingerprint density at radius 3 is 2.27 bits per heavy atom. The van der Waals surface area contributed by atoms with Crippen molar-refractivity contribution >= 4 is 18.0 Å². The quantitative estimate of drug-likeness (QED) is 0.549. The summed E-state index contributed by atoms with van der Waals surface area (Å²) in [6.45, 7) is 8.58. The van der Waals surface area contributed by atoms with Crippen LogP contribution >= 0.6 is 0 Å². The number of carboxylic acids is 1. The molecule has 0 aromatic heterocycles. The molecule has 1 aliphatic rings. The molecule has 1 saturated heterocycles. The summed E-state index contributed by atoms with van der Waals surface area (Å²) in [5.74, 6) is -1.54. The fourth-order valence-corrected chi connectivity index (χ4v) is 3.77. The first-order valence-electron chi connectivity index (χ1n) is 11.6. The van der Waals surface area contributed by atoms with Gasteiger partial charge in [0.05, 0.1) is 0 Å². The molecular weight excluding hydrogens is 426 g/mol. The van der Waals surface area contributed by atoms with Crippen LogP contribution in [0.1, 0.15) is 70.4 Å². The van der Waals surface area contributed by atoms with E-state index in [4.69, 9.17) is 14.2 Å². The van der Waals surface area contributed by atoms with Crippen molar-refractivity contribution in [2.45, 2.75) is 83.5 Å². The number of hydrogen-bond acceptors (Lipinski definition) is 6. The number of ether oxygens (including phenoxy) is 3. The highest BCUT2D eigenvalue weighted by atomic mass is 16.6. The SMILES string of the molecule is CCC[C@@H](C(=O)O[C@H](Cc1ccc(C2CCOCC2)cc1)C(=O)O)N(C)C(=O)OC(C)(C)C. The number of carbonyl (C=O) groups is 3. The first-order valence-corrected chi connectivity index (χ1v) is 11.6. The number of hydrogen-bond donors (Lipinski definition) is 1. The molecule has 0 unspecified atom stereocenters.